The van der Waals surface area contributed by atoms with Gasteiger partial charge in [0.1, 0.15) is 0 Å². The van der Waals surface area contributed by atoms with Crippen molar-refractivity contribution in [3.8, 4) is 0 Å². The molecule has 0 radical (unpaired) electrons. The monoisotopic (exact) mass is 261 g/mol. The van der Waals surface area contributed by atoms with E-state index in [2.05, 4.69) is 5.10 Å². The zero-order chi connectivity index (χ0) is 13.3. The van der Waals surface area contributed by atoms with Crippen LogP contribution in [0.1, 0.15) is 54.2 Å². The maximum Gasteiger partial charge on any atom is 0.433 e. The van der Waals surface area contributed by atoms with E-state index in [1.807, 2.05) is 0 Å². The number of hydrogen-bond acceptors (Lipinski definition) is 2. The number of aromatic nitrogens is 2. The van der Waals surface area contributed by atoms with Crippen molar-refractivity contribution < 1.29 is 18.0 Å². The predicted octanol–water partition coefficient (Wildman–Crippen LogP) is 2.51. The third-order valence-electron chi connectivity index (χ3n) is 3.25. The first-order valence-corrected chi connectivity index (χ1v) is 5.85. The lowest BCUT2D eigenvalue weighted by atomic mass is 9.95. The second-order valence-electron chi connectivity index (χ2n) is 4.51. The Labute approximate surface area is 102 Å². The Hall–Kier alpha value is -1.53. The third kappa shape index (κ3) is 2.34. The molecule has 18 heavy (non-hydrogen) atoms. The van der Waals surface area contributed by atoms with E-state index in [0.29, 0.717) is 12.8 Å². The second kappa shape index (κ2) is 4.62. The second-order valence-corrected chi connectivity index (χ2v) is 4.51. The topological polar surface area (TPSA) is 60.9 Å². The maximum absolute atomic E-state index is 13.0. The molecule has 0 bridgehead atoms. The van der Waals surface area contributed by atoms with Crippen LogP contribution in [-0.4, -0.2) is 15.7 Å². The molecule has 1 aliphatic rings. The van der Waals surface area contributed by atoms with Crippen molar-refractivity contribution in [2.75, 3.05) is 0 Å². The number of rotatable bonds is 2. The van der Waals surface area contributed by atoms with Gasteiger partial charge in [0.05, 0.1) is 17.8 Å². The summed E-state index contributed by atoms with van der Waals surface area (Å²) in [6, 6.07) is -0.288. The van der Waals surface area contributed by atoms with Crippen LogP contribution in [0, 0.1) is 0 Å². The fourth-order valence-electron chi connectivity index (χ4n) is 2.43. The minimum atomic E-state index is -4.61. The number of carbonyl (C=O) groups is 1. The molecule has 1 aromatic heterocycles. The zero-order valence-corrected chi connectivity index (χ0v) is 9.70. The van der Waals surface area contributed by atoms with E-state index in [9.17, 15) is 18.0 Å². The summed E-state index contributed by atoms with van der Waals surface area (Å²) in [7, 11) is 0. The Morgan fingerprint density at radius 1 is 1.33 bits per heavy atom. The summed E-state index contributed by atoms with van der Waals surface area (Å²) in [6.07, 6.45) is 0.410. The largest absolute Gasteiger partial charge is 0.433 e. The van der Waals surface area contributed by atoms with E-state index in [1.165, 1.54) is 0 Å². The Balaban J connectivity index is 2.44. The molecule has 2 N–H and O–H groups in total. The smallest absolute Gasteiger partial charge is 0.365 e. The van der Waals surface area contributed by atoms with Crippen molar-refractivity contribution in [3.63, 3.8) is 0 Å². The maximum atomic E-state index is 13.0. The first kappa shape index (κ1) is 12.9. The molecule has 0 saturated heterocycles. The van der Waals surface area contributed by atoms with Crippen molar-refractivity contribution in [2.24, 2.45) is 5.73 Å². The van der Waals surface area contributed by atoms with Gasteiger partial charge in [-0.15, -0.1) is 0 Å². The first-order chi connectivity index (χ1) is 8.41. The molecule has 2 rings (SSSR count). The van der Waals surface area contributed by atoms with Crippen LogP contribution in [0.25, 0.3) is 0 Å². The molecule has 0 unspecified atom stereocenters. The van der Waals surface area contributed by atoms with Gasteiger partial charge in [0.2, 0.25) is 0 Å². The van der Waals surface area contributed by atoms with Crippen LogP contribution in [0.3, 0.4) is 0 Å². The van der Waals surface area contributed by atoms with E-state index >= 15 is 0 Å². The number of amides is 1. The van der Waals surface area contributed by atoms with Crippen LogP contribution in [0.4, 0.5) is 13.2 Å². The Kier molecular flexibility index (Phi) is 3.32. The van der Waals surface area contributed by atoms with Gasteiger partial charge in [-0.3, -0.25) is 9.48 Å². The van der Waals surface area contributed by atoms with Crippen LogP contribution in [0.15, 0.2) is 6.20 Å². The van der Waals surface area contributed by atoms with Crippen molar-refractivity contribution in [3.05, 3.63) is 17.5 Å². The normalized spacial score (nSPS) is 17.9. The van der Waals surface area contributed by atoms with Crippen molar-refractivity contribution in [1.82, 2.24) is 9.78 Å². The molecule has 1 aliphatic carbocycles. The van der Waals surface area contributed by atoms with Gasteiger partial charge in [-0.25, -0.2) is 0 Å². The molecular formula is C11H14F3N3O. The van der Waals surface area contributed by atoms with Gasteiger partial charge >= 0.3 is 6.18 Å². The van der Waals surface area contributed by atoms with Gasteiger partial charge in [0.15, 0.2) is 5.69 Å². The summed E-state index contributed by atoms with van der Waals surface area (Å²) in [5.74, 6) is -1.09. The van der Waals surface area contributed by atoms with Crippen LogP contribution in [-0.2, 0) is 6.18 Å². The molecule has 0 aromatic carbocycles. The minimum absolute atomic E-state index is 0.288. The first-order valence-electron chi connectivity index (χ1n) is 5.85. The van der Waals surface area contributed by atoms with Gasteiger partial charge in [-0.05, 0) is 12.8 Å². The van der Waals surface area contributed by atoms with Gasteiger partial charge in [-0.2, -0.15) is 18.3 Å². The highest BCUT2D eigenvalue weighted by Crippen LogP contribution is 2.37. The third-order valence-corrected chi connectivity index (χ3v) is 3.25. The van der Waals surface area contributed by atoms with Crippen molar-refractivity contribution >= 4 is 5.91 Å². The fourth-order valence-corrected chi connectivity index (χ4v) is 2.43. The van der Waals surface area contributed by atoms with Crippen LogP contribution in [0.2, 0.25) is 0 Å². The van der Waals surface area contributed by atoms with E-state index in [4.69, 9.17) is 5.73 Å². The highest BCUT2D eigenvalue weighted by atomic mass is 19.4. The summed E-state index contributed by atoms with van der Waals surface area (Å²) < 4.78 is 39.9. The number of hydrogen-bond donors (Lipinski definition) is 1. The standard InChI is InChI=1S/C11H14F3N3O/c12-11(13,14)9-8(10(15)18)6-16-17(9)7-4-2-1-3-5-7/h6-7H,1-5H2,(H2,15,18). The van der Waals surface area contributed by atoms with Gasteiger partial charge in [0.25, 0.3) is 5.91 Å². The van der Waals surface area contributed by atoms with Crippen molar-refractivity contribution in [1.29, 1.82) is 0 Å². The molecule has 1 saturated carbocycles. The molecule has 4 nitrogen and oxygen atoms in total. The molecule has 1 amide bonds. The molecule has 1 heterocycles. The van der Waals surface area contributed by atoms with E-state index in [1.54, 1.807) is 0 Å². The molecule has 0 spiro atoms. The Bertz CT molecular complexity index is 447. The number of alkyl halides is 3. The summed E-state index contributed by atoms with van der Waals surface area (Å²) in [5, 5.41) is 3.72. The number of halogens is 3. The number of nitrogens with zero attached hydrogens (tertiary/aromatic N) is 2. The van der Waals surface area contributed by atoms with E-state index < -0.39 is 23.3 Å². The number of primary amides is 1. The summed E-state index contributed by atoms with van der Waals surface area (Å²) >= 11 is 0. The lowest BCUT2D eigenvalue weighted by Crippen LogP contribution is -2.24. The van der Waals surface area contributed by atoms with Crippen molar-refractivity contribution in [2.45, 2.75) is 44.3 Å². The molecule has 100 valence electrons. The summed E-state index contributed by atoms with van der Waals surface area (Å²) in [5.41, 5.74) is 3.40. The highest BCUT2D eigenvalue weighted by Gasteiger charge is 2.41. The Morgan fingerprint density at radius 2 is 1.94 bits per heavy atom. The average Bonchev–Trinajstić information content (AvgIpc) is 2.74. The lowest BCUT2D eigenvalue weighted by molar-refractivity contribution is -0.145. The minimum Gasteiger partial charge on any atom is -0.365 e. The number of carbonyl (C=O) groups excluding carboxylic acids is 1. The predicted molar refractivity (Wildman–Crippen MR) is 57.9 cm³/mol. The zero-order valence-electron chi connectivity index (χ0n) is 9.70. The average molecular weight is 261 g/mol. The molecule has 7 heteroatoms. The van der Waals surface area contributed by atoms with Gasteiger partial charge in [0, 0.05) is 0 Å². The molecule has 1 aromatic rings. The van der Waals surface area contributed by atoms with Crippen LogP contribution in [0.5, 0.6) is 0 Å². The van der Waals surface area contributed by atoms with Crippen LogP contribution < -0.4 is 5.73 Å². The van der Waals surface area contributed by atoms with Gasteiger partial charge in [-0.1, -0.05) is 19.3 Å². The Morgan fingerprint density at radius 3 is 2.44 bits per heavy atom. The fraction of sp³-hybridized carbons (Fsp3) is 0.636. The summed E-state index contributed by atoms with van der Waals surface area (Å²) in [4.78, 5) is 11.0. The van der Waals surface area contributed by atoms with E-state index in [0.717, 1.165) is 30.1 Å². The highest BCUT2D eigenvalue weighted by molar-refractivity contribution is 5.93. The summed E-state index contributed by atoms with van der Waals surface area (Å²) in [6.45, 7) is 0. The molecular weight excluding hydrogens is 247 g/mol. The molecule has 0 atom stereocenters. The van der Waals surface area contributed by atoms with Crippen LogP contribution >= 0.6 is 0 Å². The quantitative estimate of drug-likeness (QED) is 0.889. The molecule has 0 aliphatic heterocycles. The van der Waals surface area contributed by atoms with Gasteiger partial charge < -0.3 is 5.73 Å². The number of nitrogens with two attached hydrogens (primary N) is 1. The SMILES string of the molecule is NC(=O)c1cnn(C2CCCCC2)c1C(F)(F)F. The lowest BCUT2D eigenvalue weighted by Gasteiger charge is -2.24. The molecule has 1 fully saturated rings. The van der Waals surface area contributed by atoms with E-state index in [-0.39, 0.29) is 6.04 Å².